The Morgan fingerprint density at radius 2 is 1.71 bits per heavy atom. The van der Waals surface area contributed by atoms with Gasteiger partial charge < -0.3 is 18.9 Å². The quantitative estimate of drug-likeness (QED) is 0.260. The van der Waals surface area contributed by atoms with Crippen LogP contribution in [-0.2, 0) is 27.1 Å². The van der Waals surface area contributed by atoms with Crippen molar-refractivity contribution in [2.45, 2.75) is 31.4 Å². The summed E-state index contributed by atoms with van der Waals surface area (Å²) in [6.45, 7) is 3.52. The molecule has 1 fully saturated rings. The fourth-order valence-corrected chi connectivity index (χ4v) is 3.87. The van der Waals surface area contributed by atoms with Crippen molar-refractivity contribution in [2.24, 2.45) is 0 Å². The van der Waals surface area contributed by atoms with Crippen molar-refractivity contribution in [1.29, 1.82) is 0 Å². The largest absolute Gasteiger partial charge is 0.484 e. The highest BCUT2D eigenvalue weighted by molar-refractivity contribution is 5.84. The lowest BCUT2D eigenvalue weighted by molar-refractivity contribution is -0.228. The van der Waals surface area contributed by atoms with Gasteiger partial charge in [0.05, 0.1) is 19.8 Å². The molecular formula is C27H26F4O4. The van der Waals surface area contributed by atoms with Gasteiger partial charge >= 0.3 is 6.18 Å². The Morgan fingerprint density at radius 3 is 2.40 bits per heavy atom. The molecule has 3 aromatic rings. The maximum Gasteiger partial charge on any atom is 0.422 e. The van der Waals surface area contributed by atoms with E-state index in [1.54, 1.807) is 36.4 Å². The van der Waals surface area contributed by atoms with Gasteiger partial charge in [-0.15, -0.1) is 6.58 Å². The monoisotopic (exact) mass is 490 g/mol. The van der Waals surface area contributed by atoms with Gasteiger partial charge in [-0.2, -0.15) is 13.2 Å². The van der Waals surface area contributed by atoms with Crippen molar-refractivity contribution < 1.29 is 36.5 Å². The molecule has 0 spiro atoms. The van der Waals surface area contributed by atoms with Crippen molar-refractivity contribution in [2.75, 3.05) is 26.4 Å². The number of ether oxygens (including phenoxy) is 4. The van der Waals surface area contributed by atoms with Crippen molar-refractivity contribution in [3.63, 3.8) is 0 Å². The number of rotatable bonds is 9. The molecule has 0 bridgehead atoms. The van der Waals surface area contributed by atoms with Crippen molar-refractivity contribution in [3.8, 4) is 5.75 Å². The number of aryl methyl sites for hydroxylation is 2. The highest BCUT2D eigenvalue weighted by atomic mass is 19.4. The molecule has 1 saturated heterocycles. The van der Waals surface area contributed by atoms with Crippen LogP contribution in [-0.4, -0.2) is 38.7 Å². The second-order valence-corrected chi connectivity index (χ2v) is 8.31. The third-order valence-electron chi connectivity index (χ3n) is 5.66. The summed E-state index contributed by atoms with van der Waals surface area (Å²) in [7, 11) is 0. The van der Waals surface area contributed by atoms with Gasteiger partial charge in [0.1, 0.15) is 17.7 Å². The molecule has 1 aliphatic heterocycles. The molecule has 0 N–H and O–H groups in total. The Balaban J connectivity index is 1.37. The van der Waals surface area contributed by atoms with Crippen LogP contribution in [0.4, 0.5) is 17.6 Å². The fraction of sp³-hybridized carbons (Fsp3) is 0.333. The molecule has 0 aromatic heterocycles. The first-order valence-corrected chi connectivity index (χ1v) is 11.3. The average Bonchev–Trinajstić information content (AvgIpc) is 2.86. The summed E-state index contributed by atoms with van der Waals surface area (Å²) >= 11 is 0. The summed E-state index contributed by atoms with van der Waals surface area (Å²) in [5.74, 6) is -0.146. The van der Waals surface area contributed by atoms with Gasteiger partial charge in [-0.3, -0.25) is 0 Å². The van der Waals surface area contributed by atoms with E-state index >= 15 is 4.39 Å². The van der Waals surface area contributed by atoms with E-state index in [0.717, 1.165) is 16.5 Å². The summed E-state index contributed by atoms with van der Waals surface area (Å²) in [6, 6.07) is 15.4. The molecule has 4 rings (SSSR count). The third-order valence-corrected chi connectivity index (χ3v) is 5.66. The number of halogens is 4. The zero-order valence-corrected chi connectivity index (χ0v) is 19.0. The van der Waals surface area contributed by atoms with Gasteiger partial charge in [0.15, 0.2) is 12.9 Å². The zero-order valence-electron chi connectivity index (χ0n) is 19.0. The lowest BCUT2D eigenvalue weighted by atomic mass is 9.99. The molecule has 0 saturated carbocycles. The summed E-state index contributed by atoms with van der Waals surface area (Å²) in [4.78, 5) is 0. The Kier molecular flexibility index (Phi) is 8.05. The summed E-state index contributed by atoms with van der Waals surface area (Å²) in [6.07, 6.45) is -2.40. The first-order valence-electron chi connectivity index (χ1n) is 11.3. The molecular weight excluding hydrogens is 464 g/mol. The van der Waals surface area contributed by atoms with E-state index in [9.17, 15) is 13.2 Å². The third kappa shape index (κ3) is 6.81. The Labute approximate surface area is 201 Å². The van der Waals surface area contributed by atoms with Crippen LogP contribution in [0.5, 0.6) is 5.75 Å². The average molecular weight is 490 g/mol. The molecule has 35 heavy (non-hydrogen) atoms. The topological polar surface area (TPSA) is 36.9 Å². The molecule has 0 unspecified atom stereocenters. The van der Waals surface area contributed by atoms with Gasteiger partial charge in [0, 0.05) is 10.9 Å². The van der Waals surface area contributed by atoms with E-state index in [4.69, 9.17) is 18.9 Å². The maximum absolute atomic E-state index is 15.2. The highest BCUT2D eigenvalue weighted by Gasteiger charge is 2.28. The van der Waals surface area contributed by atoms with Crippen LogP contribution in [0.25, 0.3) is 10.8 Å². The SMILES string of the molecule is C=CCOC1COC(c2ccc3c(F)c(CCc4ccc(OCC(F)(F)F)cc4)ccc3c2)OC1. The number of benzene rings is 3. The van der Waals surface area contributed by atoms with Gasteiger partial charge in [-0.25, -0.2) is 4.39 Å². The van der Waals surface area contributed by atoms with Crippen LogP contribution in [0.1, 0.15) is 23.0 Å². The Morgan fingerprint density at radius 1 is 0.971 bits per heavy atom. The number of fused-ring (bicyclic) bond motifs is 1. The summed E-state index contributed by atoms with van der Waals surface area (Å²) in [5, 5.41) is 1.25. The first-order chi connectivity index (χ1) is 16.8. The molecule has 0 radical (unpaired) electrons. The molecule has 8 heteroatoms. The normalized spacial score (nSPS) is 18.5. The van der Waals surface area contributed by atoms with E-state index in [1.807, 2.05) is 12.1 Å². The molecule has 0 aliphatic carbocycles. The van der Waals surface area contributed by atoms with Gasteiger partial charge in [0.25, 0.3) is 0 Å². The number of alkyl halides is 3. The maximum atomic E-state index is 15.2. The summed E-state index contributed by atoms with van der Waals surface area (Å²) < 4.78 is 73.8. The second-order valence-electron chi connectivity index (χ2n) is 8.31. The van der Waals surface area contributed by atoms with Crippen LogP contribution in [0.2, 0.25) is 0 Å². The van der Waals surface area contributed by atoms with Crippen LogP contribution < -0.4 is 4.74 Å². The van der Waals surface area contributed by atoms with Crippen LogP contribution in [0.15, 0.2) is 67.3 Å². The second kappa shape index (κ2) is 11.2. The van der Waals surface area contributed by atoms with Crippen molar-refractivity contribution >= 4 is 10.8 Å². The van der Waals surface area contributed by atoms with Crippen LogP contribution >= 0.6 is 0 Å². The smallest absolute Gasteiger partial charge is 0.422 e. The van der Waals surface area contributed by atoms with Gasteiger partial charge in [-0.1, -0.05) is 42.5 Å². The van der Waals surface area contributed by atoms with Gasteiger partial charge in [-0.05, 0) is 47.6 Å². The zero-order chi connectivity index (χ0) is 24.8. The van der Waals surface area contributed by atoms with E-state index in [1.165, 1.54) is 12.1 Å². The lowest BCUT2D eigenvalue weighted by Crippen LogP contribution is -2.33. The molecule has 1 heterocycles. The number of hydrogen-bond donors (Lipinski definition) is 0. The van der Waals surface area contributed by atoms with Crippen LogP contribution in [0, 0.1) is 5.82 Å². The fourth-order valence-electron chi connectivity index (χ4n) is 3.87. The van der Waals surface area contributed by atoms with E-state index in [-0.39, 0.29) is 17.7 Å². The molecule has 186 valence electrons. The Bertz CT molecular complexity index is 1140. The minimum Gasteiger partial charge on any atom is -0.484 e. The van der Waals surface area contributed by atoms with E-state index in [2.05, 4.69) is 6.58 Å². The summed E-state index contributed by atoms with van der Waals surface area (Å²) in [5.41, 5.74) is 2.25. The predicted molar refractivity (Wildman–Crippen MR) is 124 cm³/mol. The lowest BCUT2D eigenvalue weighted by Gasteiger charge is -2.29. The molecule has 3 aromatic carbocycles. The molecule has 4 nitrogen and oxygen atoms in total. The van der Waals surface area contributed by atoms with E-state index in [0.29, 0.717) is 43.6 Å². The Hall–Kier alpha value is -2.94. The first kappa shape index (κ1) is 25.2. The van der Waals surface area contributed by atoms with Crippen molar-refractivity contribution in [1.82, 2.24) is 0 Å². The standard InChI is InChI=1S/C27H26F4O4/c1-2-13-32-23-15-33-26(34-16-23)21-9-12-24-20(14-21)8-7-19(25(24)28)6-3-18-4-10-22(11-5-18)35-17-27(29,30)31/h2,4-5,7-12,14,23,26H,1,3,6,13,15-17H2. The molecule has 0 amide bonds. The van der Waals surface area contributed by atoms with E-state index < -0.39 is 19.1 Å². The predicted octanol–water partition coefficient (Wildman–Crippen LogP) is 6.32. The minimum atomic E-state index is -4.38. The van der Waals surface area contributed by atoms with Crippen LogP contribution in [0.3, 0.4) is 0 Å². The van der Waals surface area contributed by atoms with Crippen molar-refractivity contribution in [3.05, 3.63) is 89.8 Å². The van der Waals surface area contributed by atoms with Gasteiger partial charge in [0.2, 0.25) is 0 Å². The number of hydrogen-bond acceptors (Lipinski definition) is 4. The molecule has 0 atom stereocenters. The highest BCUT2D eigenvalue weighted by Crippen LogP contribution is 2.29. The minimum absolute atomic E-state index is 0.143. The molecule has 1 aliphatic rings.